The van der Waals surface area contributed by atoms with Crippen molar-refractivity contribution in [1.29, 1.82) is 0 Å². The summed E-state index contributed by atoms with van der Waals surface area (Å²) in [6.07, 6.45) is 1.70. The number of benzene rings is 3. The van der Waals surface area contributed by atoms with Crippen molar-refractivity contribution in [3.63, 3.8) is 0 Å². The minimum atomic E-state index is -1.57. The lowest BCUT2D eigenvalue weighted by atomic mass is 9.98. The van der Waals surface area contributed by atoms with Gasteiger partial charge in [-0.3, -0.25) is 0 Å². The van der Waals surface area contributed by atoms with E-state index in [4.69, 9.17) is 0 Å². The Labute approximate surface area is 136 Å². The summed E-state index contributed by atoms with van der Waals surface area (Å²) < 4.78 is 54.1. The Bertz CT molecular complexity index is 888. The summed E-state index contributed by atoms with van der Waals surface area (Å²) in [4.78, 5) is 0. The Kier molecular flexibility index (Phi) is 4.21. The summed E-state index contributed by atoms with van der Waals surface area (Å²) in [7, 11) is 0. The molecular formula is C20H12F4. The van der Waals surface area contributed by atoms with Gasteiger partial charge in [-0.25, -0.2) is 17.6 Å². The fourth-order valence-electron chi connectivity index (χ4n) is 2.45. The van der Waals surface area contributed by atoms with Crippen LogP contribution in [0, 0.1) is 23.3 Å². The van der Waals surface area contributed by atoms with Crippen LogP contribution in [-0.2, 0) is 0 Å². The molecule has 120 valence electrons. The first-order valence-electron chi connectivity index (χ1n) is 7.17. The highest BCUT2D eigenvalue weighted by molar-refractivity contribution is 5.71. The Morgan fingerprint density at radius 2 is 1.17 bits per heavy atom. The molecule has 0 aliphatic carbocycles. The molecule has 0 N–H and O–H groups in total. The Hall–Kier alpha value is -2.88. The first kappa shape index (κ1) is 16.0. The summed E-state index contributed by atoms with van der Waals surface area (Å²) in [5.74, 6) is -4.93. The summed E-state index contributed by atoms with van der Waals surface area (Å²) in [5.41, 5.74) is 2.29. The standard InChI is InChI=1S/C20H12F4/c1-2-12-3-5-13(6-4-12)14-7-8-16(17(21)9-14)15-10-18(22)20(24)19(23)11-15/h2-11H,1H2. The Morgan fingerprint density at radius 1 is 0.625 bits per heavy atom. The maximum absolute atomic E-state index is 14.4. The van der Waals surface area contributed by atoms with Crippen LogP contribution >= 0.6 is 0 Å². The molecule has 0 aromatic heterocycles. The smallest absolute Gasteiger partial charge is 0.194 e. The van der Waals surface area contributed by atoms with Gasteiger partial charge >= 0.3 is 0 Å². The van der Waals surface area contributed by atoms with Crippen LogP contribution in [0.4, 0.5) is 17.6 Å². The van der Waals surface area contributed by atoms with Gasteiger partial charge < -0.3 is 0 Å². The third-order valence-corrected chi connectivity index (χ3v) is 3.74. The van der Waals surface area contributed by atoms with E-state index in [-0.39, 0.29) is 11.1 Å². The maximum Gasteiger partial charge on any atom is 0.194 e. The Morgan fingerprint density at radius 3 is 1.71 bits per heavy atom. The van der Waals surface area contributed by atoms with Crippen molar-refractivity contribution < 1.29 is 17.6 Å². The first-order valence-corrected chi connectivity index (χ1v) is 7.17. The minimum absolute atomic E-state index is 0.000684. The number of hydrogen-bond donors (Lipinski definition) is 0. The molecule has 3 rings (SSSR count). The summed E-state index contributed by atoms with van der Waals surface area (Å²) in [6.45, 7) is 3.67. The zero-order valence-corrected chi connectivity index (χ0v) is 12.5. The Balaban J connectivity index is 2.02. The minimum Gasteiger partial charge on any atom is -0.206 e. The molecule has 0 fully saturated rings. The molecule has 0 nitrogen and oxygen atoms in total. The molecule has 0 unspecified atom stereocenters. The second kappa shape index (κ2) is 6.32. The molecular weight excluding hydrogens is 316 g/mol. The second-order valence-corrected chi connectivity index (χ2v) is 5.27. The van der Waals surface area contributed by atoms with Gasteiger partial charge in [0.2, 0.25) is 0 Å². The van der Waals surface area contributed by atoms with E-state index in [1.807, 2.05) is 24.3 Å². The van der Waals surface area contributed by atoms with Crippen molar-refractivity contribution in [1.82, 2.24) is 0 Å². The van der Waals surface area contributed by atoms with Gasteiger partial charge in [0.05, 0.1) is 0 Å². The van der Waals surface area contributed by atoms with Gasteiger partial charge in [-0.1, -0.05) is 49.1 Å². The van der Waals surface area contributed by atoms with Gasteiger partial charge in [-0.2, -0.15) is 0 Å². The molecule has 0 aliphatic heterocycles. The van der Waals surface area contributed by atoms with Gasteiger partial charge in [0.15, 0.2) is 17.5 Å². The zero-order valence-electron chi connectivity index (χ0n) is 12.5. The van der Waals surface area contributed by atoms with E-state index in [0.717, 1.165) is 23.3 Å². The van der Waals surface area contributed by atoms with Crippen molar-refractivity contribution in [2.45, 2.75) is 0 Å². The van der Waals surface area contributed by atoms with Gasteiger partial charge in [-0.05, 0) is 40.5 Å². The third-order valence-electron chi connectivity index (χ3n) is 3.74. The molecule has 0 spiro atoms. The van der Waals surface area contributed by atoms with E-state index in [0.29, 0.717) is 5.56 Å². The van der Waals surface area contributed by atoms with Crippen LogP contribution in [0.25, 0.3) is 28.3 Å². The molecule has 0 atom stereocenters. The lowest BCUT2D eigenvalue weighted by Crippen LogP contribution is -1.94. The van der Waals surface area contributed by atoms with E-state index in [9.17, 15) is 17.6 Å². The number of rotatable bonds is 3. The van der Waals surface area contributed by atoms with Gasteiger partial charge in [0.25, 0.3) is 0 Å². The molecule has 0 saturated heterocycles. The quantitative estimate of drug-likeness (QED) is 0.395. The number of halogens is 4. The van der Waals surface area contributed by atoms with Gasteiger partial charge in [0.1, 0.15) is 5.82 Å². The molecule has 0 amide bonds. The highest BCUT2D eigenvalue weighted by Gasteiger charge is 2.14. The molecule has 0 radical (unpaired) electrons. The average Bonchev–Trinajstić information content (AvgIpc) is 2.59. The van der Waals surface area contributed by atoms with E-state index in [1.165, 1.54) is 12.1 Å². The van der Waals surface area contributed by atoms with Crippen molar-refractivity contribution in [2.75, 3.05) is 0 Å². The van der Waals surface area contributed by atoms with Crippen molar-refractivity contribution in [3.8, 4) is 22.3 Å². The second-order valence-electron chi connectivity index (χ2n) is 5.27. The van der Waals surface area contributed by atoms with E-state index in [1.54, 1.807) is 12.1 Å². The highest BCUT2D eigenvalue weighted by atomic mass is 19.2. The molecule has 3 aromatic rings. The van der Waals surface area contributed by atoms with Crippen LogP contribution in [0.3, 0.4) is 0 Å². The summed E-state index contributed by atoms with van der Waals surface area (Å²) in [5, 5.41) is 0. The average molecular weight is 328 g/mol. The number of hydrogen-bond acceptors (Lipinski definition) is 0. The van der Waals surface area contributed by atoms with E-state index >= 15 is 0 Å². The monoisotopic (exact) mass is 328 g/mol. The van der Waals surface area contributed by atoms with Crippen LogP contribution in [0.5, 0.6) is 0 Å². The molecule has 0 aliphatic rings. The third kappa shape index (κ3) is 2.95. The van der Waals surface area contributed by atoms with Crippen molar-refractivity contribution in [3.05, 3.63) is 90.0 Å². The largest absolute Gasteiger partial charge is 0.206 e. The molecule has 0 saturated carbocycles. The fourth-order valence-corrected chi connectivity index (χ4v) is 2.45. The molecule has 0 bridgehead atoms. The van der Waals surface area contributed by atoms with Crippen molar-refractivity contribution >= 4 is 6.08 Å². The van der Waals surface area contributed by atoms with Gasteiger partial charge in [0, 0.05) is 5.56 Å². The normalized spacial score (nSPS) is 10.7. The lowest BCUT2D eigenvalue weighted by Gasteiger charge is -2.08. The SMILES string of the molecule is C=Cc1ccc(-c2ccc(-c3cc(F)c(F)c(F)c3)c(F)c2)cc1. The van der Waals surface area contributed by atoms with Crippen LogP contribution < -0.4 is 0 Å². The summed E-state index contributed by atoms with van der Waals surface area (Å²) in [6, 6.07) is 13.2. The topological polar surface area (TPSA) is 0 Å². The predicted molar refractivity (Wildman–Crippen MR) is 87.2 cm³/mol. The highest BCUT2D eigenvalue weighted by Crippen LogP contribution is 2.30. The molecule has 4 heteroatoms. The van der Waals surface area contributed by atoms with Crippen LogP contribution in [0.2, 0.25) is 0 Å². The molecule has 0 heterocycles. The van der Waals surface area contributed by atoms with E-state index in [2.05, 4.69) is 6.58 Å². The van der Waals surface area contributed by atoms with Crippen LogP contribution in [-0.4, -0.2) is 0 Å². The van der Waals surface area contributed by atoms with Crippen LogP contribution in [0.1, 0.15) is 5.56 Å². The van der Waals surface area contributed by atoms with E-state index < -0.39 is 23.3 Å². The van der Waals surface area contributed by atoms with Crippen molar-refractivity contribution in [2.24, 2.45) is 0 Å². The first-order chi connectivity index (χ1) is 11.5. The molecule has 24 heavy (non-hydrogen) atoms. The van der Waals surface area contributed by atoms with Crippen LogP contribution in [0.15, 0.2) is 61.2 Å². The maximum atomic E-state index is 14.4. The fraction of sp³-hybridized carbons (Fsp3) is 0. The lowest BCUT2D eigenvalue weighted by molar-refractivity contribution is 0.447. The zero-order chi connectivity index (χ0) is 17.3. The summed E-state index contributed by atoms with van der Waals surface area (Å²) >= 11 is 0. The molecule has 3 aromatic carbocycles. The van der Waals surface area contributed by atoms with Gasteiger partial charge in [-0.15, -0.1) is 0 Å². The predicted octanol–water partition coefficient (Wildman–Crippen LogP) is 6.22.